The fraction of sp³-hybridized carbons (Fsp3) is 0.0476. The fourth-order valence-electron chi connectivity index (χ4n) is 2.90. The normalized spacial score (nSPS) is 11.5. The monoisotopic (exact) mass is 425 g/mol. The molecule has 8 heteroatoms. The van der Waals surface area contributed by atoms with Crippen molar-refractivity contribution in [1.82, 2.24) is 14.7 Å². The van der Waals surface area contributed by atoms with Crippen molar-refractivity contribution in [1.29, 1.82) is 0 Å². The standard InChI is InChI=1S/C21H16ClN3O3S/c22-17-2-1-3-19(12-17)29(27,28)18-7-4-15(5-8-18)13-24-21(26)16-6-9-20-23-10-11-25(20)14-16/h1-12,14H,13H2,(H,24,26). The van der Waals surface area contributed by atoms with Crippen molar-refractivity contribution in [2.45, 2.75) is 16.3 Å². The SMILES string of the molecule is O=C(NCc1ccc(S(=O)(=O)c2cccc(Cl)c2)cc1)c1ccc2nccn2c1. The van der Waals surface area contributed by atoms with Gasteiger partial charge in [-0.3, -0.25) is 4.79 Å². The first-order valence-electron chi connectivity index (χ1n) is 8.74. The van der Waals surface area contributed by atoms with E-state index in [9.17, 15) is 13.2 Å². The summed E-state index contributed by atoms with van der Waals surface area (Å²) in [5.74, 6) is -0.226. The number of benzene rings is 2. The van der Waals surface area contributed by atoms with Gasteiger partial charge < -0.3 is 9.72 Å². The third-order valence-corrected chi connectivity index (χ3v) is 6.45. The van der Waals surface area contributed by atoms with E-state index in [2.05, 4.69) is 10.3 Å². The van der Waals surface area contributed by atoms with Crippen LogP contribution in [0, 0.1) is 0 Å². The maximum atomic E-state index is 12.7. The highest BCUT2D eigenvalue weighted by Gasteiger charge is 2.17. The smallest absolute Gasteiger partial charge is 0.253 e. The van der Waals surface area contributed by atoms with Gasteiger partial charge in [-0.15, -0.1) is 0 Å². The Bertz CT molecular complexity index is 1300. The molecule has 0 aliphatic heterocycles. The van der Waals surface area contributed by atoms with E-state index in [0.29, 0.717) is 10.6 Å². The van der Waals surface area contributed by atoms with E-state index in [-0.39, 0.29) is 22.2 Å². The van der Waals surface area contributed by atoms with Crippen LogP contribution in [-0.4, -0.2) is 23.7 Å². The number of carbonyl (C=O) groups excluding carboxylic acids is 1. The topological polar surface area (TPSA) is 80.5 Å². The summed E-state index contributed by atoms with van der Waals surface area (Å²) in [4.78, 5) is 16.8. The molecule has 2 heterocycles. The maximum Gasteiger partial charge on any atom is 0.253 e. The molecule has 29 heavy (non-hydrogen) atoms. The zero-order valence-corrected chi connectivity index (χ0v) is 16.7. The van der Waals surface area contributed by atoms with Crippen LogP contribution in [0.25, 0.3) is 5.65 Å². The molecule has 1 N–H and O–H groups in total. The number of hydrogen-bond acceptors (Lipinski definition) is 4. The van der Waals surface area contributed by atoms with Crippen LogP contribution < -0.4 is 5.32 Å². The average molecular weight is 426 g/mol. The predicted octanol–water partition coefficient (Wildman–Crippen LogP) is 3.75. The van der Waals surface area contributed by atoms with Crippen molar-refractivity contribution in [3.05, 3.63) is 95.4 Å². The second-order valence-corrected chi connectivity index (χ2v) is 8.78. The summed E-state index contributed by atoms with van der Waals surface area (Å²) in [5, 5.41) is 3.19. The highest BCUT2D eigenvalue weighted by Crippen LogP contribution is 2.23. The van der Waals surface area contributed by atoms with Gasteiger partial charge >= 0.3 is 0 Å². The van der Waals surface area contributed by atoms with Crippen LogP contribution >= 0.6 is 11.6 Å². The van der Waals surface area contributed by atoms with Gasteiger partial charge in [0.05, 0.1) is 15.4 Å². The van der Waals surface area contributed by atoms with Gasteiger partial charge in [0, 0.05) is 30.2 Å². The van der Waals surface area contributed by atoms with E-state index in [0.717, 1.165) is 11.2 Å². The number of nitrogens with zero attached hydrogens (tertiary/aromatic N) is 2. The average Bonchev–Trinajstić information content (AvgIpc) is 3.20. The quantitative estimate of drug-likeness (QED) is 0.528. The van der Waals surface area contributed by atoms with Gasteiger partial charge in [-0.25, -0.2) is 13.4 Å². The second kappa shape index (κ2) is 7.69. The van der Waals surface area contributed by atoms with Crippen LogP contribution in [0.3, 0.4) is 0 Å². The minimum atomic E-state index is -3.65. The summed E-state index contributed by atoms with van der Waals surface area (Å²) in [6, 6.07) is 16.0. The molecule has 2 aromatic carbocycles. The molecule has 0 saturated heterocycles. The molecule has 0 fully saturated rings. The summed E-state index contributed by atoms with van der Waals surface area (Å²) >= 11 is 5.90. The van der Waals surface area contributed by atoms with E-state index in [1.165, 1.54) is 24.3 Å². The largest absolute Gasteiger partial charge is 0.348 e. The lowest BCUT2D eigenvalue weighted by atomic mass is 10.2. The zero-order chi connectivity index (χ0) is 20.4. The summed E-state index contributed by atoms with van der Waals surface area (Å²) in [5.41, 5.74) is 2.06. The molecular formula is C21H16ClN3O3S. The van der Waals surface area contributed by atoms with Gasteiger partial charge in [0.25, 0.3) is 5.91 Å². The number of aromatic nitrogens is 2. The lowest BCUT2D eigenvalue weighted by Gasteiger charge is -2.08. The number of rotatable bonds is 5. The summed E-state index contributed by atoms with van der Waals surface area (Å²) < 4.78 is 27.2. The molecule has 0 saturated carbocycles. The molecule has 0 atom stereocenters. The Morgan fingerprint density at radius 1 is 1.03 bits per heavy atom. The fourth-order valence-corrected chi connectivity index (χ4v) is 4.46. The van der Waals surface area contributed by atoms with Gasteiger partial charge in [0.1, 0.15) is 5.65 Å². The van der Waals surface area contributed by atoms with Crippen LogP contribution in [0.4, 0.5) is 0 Å². The number of nitrogens with one attached hydrogen (secondary N) is 1. The lowest BCUT2D eigenvalue weighted by molar-refractivity contribution is 0.0950. The minimum Gasteiger partial charge on any atom is -0.348 e. The van der Waals surface area contributed by atoms with Gasteiger partial charge in [-0.05, 0) is 48.0 Å². The molecule has 6 nitrogen and oxygen atoms in total. The van der Waals surface area contributed by atoms with Crippen LogP contribution in [0.5, 0.6) is 0 Å². The molecule has 4 aromatic rings. The number of amides is 1. The molecule has 2 aromatic heterocycles. The molecule has 0 spiro atoms. The van der Waals surface area contributed by atoms with E-state index < -0.39 is 9.84 Å². The number of sulfone groups is 1. The van der Waals surface area contributed by atoms with Crippen molar-refractivity contribution in [3.8, 4) is 0 Å². The zero-order valence-electron chi connectivity index (χ0n) is 15.1. The van der Waals surface area contributed by atoms with Crippen LogP contribution in [0.1, 0.15) is 15.9 Å². The number of fused-ring (bicyclic) bond motifs is 1. The number of halogens is 1. The molecular weight excluding hydrogens is 410 g/mol. The van der Waals surface area contributed by atoms with Crippen molar-refractivity contribution >= 4 is 33.0 Å². The lowest BCUT2D eigenvalue weighted by Crippen LogP contribution is -2.23. The Morgan fingerprint density at radius 3 is 2.59 bits per heavy atom. The Labute approximate surface area is 172 Å². The molecule has 0 aliphatic carbocycles. The molecule has 0 radical (unpaired) electrons. The molecule has 0 bridgehead atoms. The third-order valence-electron chi connectivity index (χ3n) is 4.44. The minimum absolute atomic E-state index is 0.140. The van der Waals surface area contributed by atoms with Crippen molar-refractivity contribution in [2.24, 2.45) is 0 Å². The molecule has 0 aliphatic rings. The van der Waals surface area contributed by atoms with Crippen molar-refractivity contribution in [3.63, 3.8) is 0 Å². The van der Waals surface area contributed by atoms with Crippen molar-refractivity contribution < 1.29 is 13.2 Å². The van der Waals surface area contributed by atoms with E-state index >= 15 is 0 Å². The van der Waals surface area contributed by atoms with Crippen LogP contribution in [0.15, 0.2) is 89.0 Å². The Kier molecular flexibility index (Phi) is 5.08. The van der Waals surface area contributed by atoms with Crippen molar-refractivity contribution in [2.75, 3.05) is 0 Å². The number of hydrogen-bond donors (Lipinski definition) is 1. The van der Waals surface area contributed by atoms with E-state index in [1.807, 2.05) is 0 Å². The van der Waals surface area contributed by atoms with E-state index in [1.54, 1.807) is 59.4 Å². The summed E-state index contributed by atoms with van der Waals surface area (Å²) in [7, 11) is -3.65. The third kappa shape index (κ3) is 4.01. The maximum absolute atomic E-state index is 12.7. The Hall–Kier alpha value is -3.16. The molecule has 146 valence electrons. The Balaban J connectivity index is 1.46. The molecule has 1 amide bonds. The van der Waals surface area contributed by atoms with E-state index in [4.69, 9.17) is 11.6 Å². The Morgan fingerprint density at radius 2 is 1.83 bits per heavy atom. The van der Waals surface area contributed by atoms with Gasteiger partial charge in [-0.2, -0.15) is 0 Å². The number of imidazole rings is 1. The number of pyridine rings is 1. The van der Waals surface area contributed by atoms with Gasteiger partial charge in [0.15, 0.2) is 0 Å². The summed E-state index contributed by atoms with van der Waals surface area (Å²) in [6.45, 7) is 0.276. The molecule has 0 unspecified atom stereocenters. The highest BCUT2D eigenvalue weighted by atomic mass is 35.5. The summed E-state index contributed by atoms with van der Waals surface area (Å²) in [6.07, 6.45) is 5.14. The first-order chi connectivity index (χ1) is 13.9. The number of carbonyl (C=O) groups is 1. The van der Waals surface area contributed by atoms with Gasteiger partial charge in [0.2, 0.25) is 9.84 Å². The van der Waals surface area contributed by atoms with Crippen LogP contribution in [-0.2, 0) is 16.4 Å². The predicted molar refractivity (Wildman–Crippen MR) is 110 cm³/mol. The first-order valence-corrected chi connectivity index (χ1v) is 10.6. The molecule has 4 rings (SSSR count). The van der Waals surface area contributed by atoms with Crippen LogP contribution in [0.2, 0.25) is 5.02 Å². The first kappa shape index (κ1) is 19.2. The van der Waals surface area contributed by atoms with Gasteiger partial charge in [-0.1, -0.05) is 29.8 Å². The highest BCUT2D eigenvalue weighted by molar-refractivity contribution is 7.91. The second-order valence-electron chi connectivity index (χ2n) is 6.40.